The average molecular weight is 281 g/mol. The van der Waals surface area contributed by atoms with Gasteiger partial charge in [-0.25, -0.2) is 0 Å². The monoisotopic (exact) mass is 281 g/mol. The maximum absolute atomic E-state index is 12.0. The number of amides is 1. The summed E-state index contributed by atoms with van der Waals surface area (Å²) < 4.78 is 4.96. The highest BCUT2D eigenvalue weighted by atomic mass is 16.5. The van der Waals surface area contributed by atoms with Gasteiger partial charge in [0.2, 0.25) is 11.8 Å². The van der Waals surface area contributed by atoms with Crippen LogP contribution in [0.15, 0.2) is 4.52 Å². The van der Waals surface area contributed by atoms with E-state index in [1.165, 1.54) is 0 Å². The number of hydrogen-bond donors (Lipinski definition) is 1. The third kappa shape index (κ3) is 4.28. The van der Waals surface area contributed by atoms with E-state index in [1.54, 1.807) is 6.92 Å². The summed E-state index contributed by atoms with van der Waals surface area (Å²) in [5.41, 5.74) is 0. The third-order valence-corrected chi connectivity index (χ3v) is 3.48. The lowest BCUT2D eigenvalue weighted by atomic mass is 10.2. The molecule has 20 heavy (non-hydrogen) atoms. The molecule has 1 aliphatic heterocycles. The second-order valence-electron chi connectivity index (χ2n) is 5.09. The highest BCUT2D eigenvalue weighted by molar-refractivity contribution is 5.76. The van der Waals surface area contributed by atoms with Gasteiger partial charge in [-0.2, -0.15) is 4.98 Å². The minimum absolute atomic E-state index is 0.260. The molecule has 1 saturated heterocycles. The van der Waals surface area contributed by atoms with E-state index in [0.29, 0.717) is 18.9 Å². The molecule has 1 aromatic rings. The first-order valence-corrected chi connectivity index (χ1v) is 7.13. The van der Waals surface area contributed by atoms with Crippen LogP contribution in [0.5, 0.6) is 0 Å². The van der Waals surface area contributed by atoms with E-state index in [-0.39, 0.29) is 5.91 Å². The van der Waals surface area contributed by atoms with E-state index in [9.17, 15) is 4.79 Å². The van der Waals surface area contributed by atoms with Crippen molar-refractivity contribution in [3.63, 3.8) is 0 Å². The molecule has 0 aromatic carbocycles. The maximum Gasteiger partial charge on any atom is 0.223 e. The number of hydrogen-bond acceptors (Lipinski definition) is 6. The van der Waals surface area contributed by atoms with Crippen molar-refractivity contribution in [2.75, 3.05) is 39.8 Å². The molecule has 1 aromatic heterocycles. The number of carbonyl (C=O) groups excluding carboxylic acids is 1. The highest BCUT2D eigenvalue weighted by Crippen LogP contribution is 2.08. The van der Waals surface area contributed by atoms with Crippen LogP contribution >= 0.6 is 0 Å². The van der Waals surface area contributed by atoms with E-state index in [0.717, 1.165) is 45.0 Å². The zero-order valence-corrected chi connectivity index (χ0v) is 12.3. The van der Waals surface area contributed by atoms with Crippen molar-refractivity contribution in [1.29, 1.82) is 0 Å². The minimum atomic E-state index is 0.260. The van der Waals surface area contributed by atoms with Crippen molar-refractivity contribution in [3.05, 3.63) is 11.7 Å². The molecule has 0 bridgehead atoms. The number of nitrogens with zero attached hydrogens (tertiary/aromatic N) is 4. The lowest BCUT2D eigenvalue weighted by Gasteiger charge is -2.34. The Morgan fingerprint density at radius 3 is 2.70 bits per heavy atom. The molecule has 0 unspecified atom stereocenters. The summed E-state index contributed by atoms with van der Waals surface area (Å²) in [6.07, 6.45) is 1.53. The summed E-state index contributed by atoms with van der Waals surface area (Å²) in [6, 6.07) is 0. The Bertz CT molecular complexity index is 426. The van der Waals surface area contributed by atoms with Crippen molar-refractivity contribution in [1.82, 2.24) is 25.3 Å². The van der Waals surface area contributed by atoms with Gasteiger partial charge in [-0.05, 0) is 20.0 Å². The Morgan fingerprint density at radius 1 is 1.35 bits per heavy atom. The number of rotatable bonds is 6. The fraction of sp³-hybridized carbons (Fsp3) is 0.769. The SMILES string of the molecule is CNCCCC(=O)N1CCN(Cc2noc(C)n2)CC1. The first-order chi connectivity index (χ1) is 9.69. The topological polar surface area (TPSA) is 74.5 Å². The highest BCUT2D eigenvalue weighted by Gasteiger charge is 2.21. The van der Waals surface area contributed by atoms with Crippen molar-refractivity contribution in [3.8, 4) is 0 Å². The molecule has 7 nitrogen and oxygen atoms in total. The molecule has 7 heteroatoms. The van der Waals surface area contributed by atoms with Crippen molar-refractivity contribution >= 4 is 5.91 Å². The summed E-state index contributed by atoms with van der Waals surface area (Å²) in [5.74, 6) is 1.57. The molecule has 112 valence electrons. The Labute approximate surface area is 119 Å². The predicted octanol–water partition coefficient (Wildman–Crippen LogP) is 0.0218. The molecule has 1 N–H and O–H groups in total. The van der Waals surface area contributed by atoms with Gasteiger partial charge in [-0.15, -0.1) is 0 Å². The van der Waals surface area contributed by atoms with Gasteiger partial charge in [0, 0.05) is 39.5 Å². The summed E-state index contributed by atoms with van der Waals surface area (Å²) in [5, 5.41) is 6.96. The number of aryl methyl sites for hydroxylation is 1. The van der Waals surface area contributed by atoms with Crippen LogP contribution in [0.25, 0.3) is 0 Å². The summed E-state index contributed by atoms with van der Waals surface area (Å²) in [7, 11) is 1.91. The number of carbonyl (C=O) groups is 1. The van der Waals surface area contributed by atoms with Crippen molar-refractivity contribution in [2.24, 2.45) is 0 Å². The molecular formula is C13H23N5O2. The average Bonchev–Trinajstić information content (AvgIpc) is 2.85. The van der Waals surface area contributed by atoms with Crippen LogP contribution in [-0.4, -0.2) is 65.6 Å². The molecule has 0 spiro atoms. The molecule has 2 heterocycles. The van der Waals surface area contributed by atoms with Crippen LogP contribution in [0.4, 0.5) is 0 Å². The third-order valence-electron chi connectivity index (χ3n) is 3.48. The predicted molar refractivity (Wildman–Crippen MR) is 74.1 cm³/mol. The van der Waals surface area contributed by atoms with Gasteiger partial charge >= 0.3 is 0 Å². The van der Waals surface area contributed by atoms with Crippen LogP contribution < -0.4 is 5.32 Å². The lowest BCUT2D eigenvalue weighted by Crippen LogP contribution is -2.48. The van der Waals surface area contributed by atoms with E-state index in [2.05, 4.69) is 20.4 Å². The lowest BCUT2D eigenvalue weighted by molar-refractivity contribution is -0.133. The van der Waals surface area contributed by atoms with E-state index in [4.69, 9.17) is 4.52 Å². The van der Waals surface area contributed by atoms with E-state index >= 15 is 0 Å². The molecule has 1 fully saturated rings. The smallest absolute Gasteiger partial charge is 0.223 e. The van der Waals surface area contributed by atoms with E-state index in [1.807, 2.05) is 11.9 Å². The first-order valence-electron chi connectivity index (χ1n) is 7.13. The van der Waals surface area contributed by atoms with Gasteiger partial charge in [0.25, 0.3) is 0 Å². The summed E-state index contributed by atoms with van der Waals surface area (Å²) in [4.78, 5) is 20.4. The maximum atomic E-state index is 12.0. The molecule has 0 saturated carbocycles. The van der Waals surface area contributed by atoms with Crippen LogP contribution in [0.2, 0.25) is 0 Å². The standard InChI is InChI=1S/C13H23N5O2/c1-11-15-12(16-20-11)10-17-6-8-18(9-7-17)13(19)4-3-5-14-2/h14H,3-10H2,1-2H3. The van der Waals surface area contributed by atoms with Crippen molar-refractivity contribution in [2.45, 2.75) is 26.3 Å². The second-order valence-corrected chi connectivity index (χ2v) is 5.09. The second kappa shape index (κ2) is 7.35. The number of nitrogens with one attached hydrogen (secondary N) is 1. The zero-order chi connectivity index (χ0) is 14.4. The van der Waals surface area contributed by atoms with Gasteiger partial charge < -0.3 is 14.7 Å². The molecule has 1 amide bonds. The molecule has 0 atom stereocenters. The molecule has 0 aliphatic carbocycles. The molecule has 0 radical (unpaired) electrons. The number of aromatic nitrogens is 2. The van der Waals surface area contributed by atoms with Gasteiger partial charge in [0.1, 0.15) is 0 Å². The van der Waals surface area contributed by atoms with Crippen LogP contribution in [0.1, 0.15) is 24.6 Å². The largest absolute Gasteiger partial charge is 0.340 e. The van der Waals surface area contributed by atoms with Crippen LogP contribution in [0.3, 0.4) is 0 Å². The fourth-order valence-corrected chi connectivity index (χ4v) is 2.34. The van der Waals surface area contributed by atoms with E-state index < -0.39 is 0 Å². The molecule has 2 rings (SSSR count). The Kier molecular flexibility index (Phi) is 5.49. The van der Waals surface area contributed by atoms with Crippen molar-refractivity contribution < 1.29 is 9.32 Å². The summed E-state index contributed by atoms with van der Waals surface area (Å²) in [6.45, 7) is 6.68. The minimum Gasteiger partial charge on any atom is -0.340 e. The normalized spacial score (nSPS) is 16.6. The fourth-order valence-electron chi connectivity index (χ4n) is 2.34. The van der Waals surface area contributed by atoms with Gasteiger partial charge in [0.05, 0.1) is 6.54 Å². The molecular weight excluding hydrogens is 258 g/mol. The van der Waals surface area contributed by atoms with Gasteiger partial charge in [-0.1, -0.05) is 5.16 Å². The molecule has 1 aliphatic rings. The first kappa shape index (κ1) is 14.9. The van der Waals surface area contributed by atoms with Crippen LogP contribution in [0, 0.1) is 6.92 Å². The summed E-state index contributed by atoms with van der Waals surface area (Å²) >= 11 is 0. The zero-order valence-electron chi connectivity index (χ0n) is 12.3. The van der Waals surface area contributed by atoms with Gasteiger partial charge in [-0.3, -0.25) is 9.69 Å². The number of piperazine rings is 1. The Hall–Kier alpha value is -1.47. The Balaban J connectivity index is 1.70. The Morgan fingerprint density at radius 2 is 2.10 bits per heavy atom. The van der Waals surface area contributed by atoms with Crippen LogP contribution in [-0.2, 0) is 11.3 Å². The van der Waals surface area contributed by atoms with Gasteiger partial charge in [0.15, 0.2) is 5.82 Å². The quantitative estimate of drug-likeness (QED) is 0.741.